The molecular formula is C10H18. The standard InChI is InChI=1S/C10H18/c1-5-6-10(4)8-7-9(2)3/h6H,2,5,7-8H2,1,3-4H3/b10-6-. The monoisotopic (exact) mass is 138 g/mol. The first-order valence-electron chi connectivity index (χ1n) is 3.96. The van der Waals surface area contributed by atoms with E-state index in [4.69, 9.17) is 0 Å². The first kappa shape index (κ1) is 9.48. The molecule has 0 amide bonds. The molecule has 0 nitrogen and oxygen atoms in total. The van der Waals surface area contributed by atoms with Crippen LogP contribution in [0.1, 0.15) is 40.0 Å². The Morgan fingerprint density at radius 1 is 1.30 bits per heavy atom. The molecule has 0 atom stereocenters. The SMILES string of the molecule is C=C(C)CC/C(C)=C\CC. The molecule has 0 aromatic heterocycles. The van der Waals surface area contributed by atoms with Crippen molar-refractivity contribution >= 4 is 0 Å². The van der Waals surface area contributed by atoms with Crippen LogP contribution >= 0.6 is 0 Å². The van der Waals surface area contributed by atoms with Crippen molar-refractivity contribution in [2.75, 3.05) is 0 Å². The van der Waals surface area contributed by atoms with E-state index in [-0.39, 0.29) is 0 Å². The summed E-state index contributed by atoms with van der Waals surface area (Å²) in [6.45, 7) is 10.3. The minimum Gasteiger partial charge on any atom is -0.100 e. The van der Waals surface area contributed by atoms with Gasteiger partial charge >= 0.3 is 0 Å². The maximum absolute atomic E-state index is 3.86. The van der Waals surface area contributed by atoms with E-state index in [1.165, 1.54) is 17.6 Å². The molecule has 0 radical (unpaired) electrons. The van der Waals surface area contributed by atoms with Crippen molar-refractivity contribution in [3.63, 3.8) is 0 Å². The Hall–Kier alpha value is -0.520. The molecule has 0 rings (SSSR count). The lowest BCUT2D eigenvalue weighted by Gasteiger charge is -1.99. The Morgan fingerprint density at radius 2 is 1.90 bits per heavy atom. The molecule has 0 unspecified atom stereocenters. The third-order valence-corrected chi connectivity index (χ3v) is 1.50. The van der Waals surface area contributed by atoms with Crippen LogP contribution in [0.5, 0.6) is 0 Å². The molecule has 0 saturated carbocycles. The van der Waals surface area contributed by atoms with E-state index in [1.807, 2.05) is 0 Å². The fraction of sp³-hybridized carbons (Fsp3) is 0.600. The quantitative estimate of drug-likeness (QED) is 0.520. The van der Waals surface area contributed by atoms with Gasteiger partial charge in [0.05, 0.1) is 0 Å². The van der Waals surface area contributed by atoms with Crippen LogP contribution in [0.15, 0.2) is 23.8 Å². The van der Waals surface area contributed by atoms with Gasteiger partial charge in [0.2, 0.25) is 0 Å². The van der Waals surface area contributed by atoms with Crippen molar-refractivity contribution in [2.24, 2.45) is 0 Å². The molecule has 0 N–H and O–H groups in total. The third-order valence-electron chi connectivity index (χ3n) is 1.50. The molecule has 10 heavy (non-hydrogen) atoms. The molecule has 0 aromatic carbocycles. The second kappa shape index (κ2) is 5.28. The van der Waals surface area contributed by atoms with Crippen molar-refractivity contribution in [1.29, 1.82) is 0 Å². The van der Waals surface area contributed by atoms with Crippen LogP contribution in [0.2, 0.25) is 0 Å². The van der Waals surface area contributed by atoms with Crippen molar-refractivity contribution in [3.8, 4) is 0 Å². The van der Waals surface area contributed by atoms with Crippen LogP contribution in [-0.2, 0) is 0 Å². The second-order valence-electron chi connectivity index (χ2n) is 2.92. The first-order valence-corrected chi connectivity index (χ1v) is 3.96. The summed E-state index contributed by atoms with van der Waals surface area (Å²) in [5.41, 5.74) is 2.77. The zero-order valence-corrected chi connectivity index (χ0v) is 7.41. The van der Waals surface area contributed by atoms with E-state index in [1.54, 1.807) is 0 Å². The molecule has 0 heterocycles. The summed E-state index contributed by atoms with van der Waals surface area (Å²) >= 11 is 0. The van der Waals surface area contributed by atoms with E-state index in [0.29, 0.717) is 0 Å². The lowest BCUT2D eigenvalue weighted by Crippen LogP contribution is -1.78. The molecule has 0 heteroatoms. The molecule has 0 spiro atoms. The van der Waals surface area contributed by atoms with Crippen LogP contribution in [0.25, 0.3) is 0 Å². The summed E-state index contributed by atoms with van der Waals surface area (Å²) in [7, 11) is 0. The zero-order valence-electron chi connectivity index (χ0n) is 7.41. The van der Waals surface area contributed by atoms with Gasteiger partial charge < -0.3 is 0 Å². The van der Waals surface area contributed by atoms with E-state index in [9.17, 15) is 0 Å². The van der Waals surface area contributed by atoms with Crippen LogP contribution in [0.3, 0.4) is 0 Å². The third kappa shape index (κ3) is 5.61. The maximum Gasteiger partial charge on any atom is -0.0286 e. The summed E-state index contributed by atoms with van der Waals surface area (Å²) < 4.78 is 0. The fourth-order valence-electron chi connectivity index (χ4n) is 0.861. The molecule has 0 aliphatic carbocycles. The maximum atomic E-state index is 3.86. The average Bonchev–Trinajstić information content (AvgIpc) is 1.85. The number of rotatable bonds is 4. The van der Waals surface area contributed by atoms with E-state index < -0.39 is 0 Å². The van der Waals surface area contributed by atoms with Gasteiger partial charge in [0, 0.05) is 0 Å². The highest BCUT2D eigenvalue weighted by Crippen LogP contribution is 2.09. The van der Waals surface area contributed by atoms with Gasteiger partial charge in [0.1, 0.15) is 0 Å². The van der Waals surface area contributed by atoms with Crippen molar-refractivity contribution in [3.05, 3.63) is 23.8 Å². The average molecular weight is 138 g/mol. The van der Waals surface area contributed by atoms with Crippen LogP contribution < -0.4 is 0 Å². The highest BCUT2D eigenvalue weighted by molar-refractivity contribution is 5.01. The van der Waals surface area contributed by atoms with Gasteiger partial charge in [-0.2, -0.15) is 0 Å². The Kier molecular flexibility index (Phi) is 5.00. The minimum atomic E-state index is 1.14. The molecule has 0 aliphatic heterocycles. The second-order valence-corrected chi connectivity index (χ2v) is 2.92. The lowest BCUT2D eigenvalue weighted by atomic mass is 10.1. The van der Waals surface area contributed by atoms with E-state index in [0.717, 1.165) is 12.8 Å². The molecular weight excluding hydrogens is 120 g/mol. The van der Waals surface area contributed by atoms with Crippen molar-refractivity contribution < 1.29 is 0 Å². The molecule has 58 valence electrons. The van der Waals surface area contributed by atoms with Gasteiger partial charge in [-0.1, -0.05) is 24.1 Å². The molecule has 0 saturated heterocycles. The lowest BCUT2D eigenvalue weighted by molar-refractivity contribution is 0.917. The Morgan fingerprint density at radius 3 is 2.30 bits per heavy atom. The molecule has 0 aliphatic rings. The Bertz CT molecular complexity index is 129. The molecule has 0 aromatic rings. The van der Waals surface area contributed by atoms with Gasteiger partial charge in [-0.3, -0.25) is 0 Å². The number of allylic oxidation sites excluding steroid dienone is 3. The zero-order chi connectivity index (χ0) is 7.98. The molecule has 0 fully saturated rings. The number of hydrogen-bond donors (Lipinski definition) is 0. The summed E-state index contributed by atoms with van der Waals surface area (Å²) in [6.07, 6.45) is 5.76. The van der Waals surface area contributed by atoms with Crippen molar-refractivity contribution in [2.45, 2.75) is 40.0 Å². The van der Waals surface area contributed by atoms with Crippen LogP contribution in [0, 0.1) is 0 Å². The van der Waals surface area contributed by atoms with Gasteiger partial charge in [0.15, 0.2) is 0 Å². The fourth-order valence-corrected chi connectivity index (χ4v) is 0.861. The van der Waals surface area contributed by atoms with E-state index in [2.05, 4.69) is 33.4 Å². The largest absolute Gasteiger partial charge is 0.100 e. The predicted octanol–water partition coefficient (Wildman–Crippen LogP) is 3.70. The van der Waals surface area contributed by atoms with Gasteiger partial charge in [-0.15, -0.1) is 6.58 Å². The van der Waals surface area contributed by atoms with Gasteiger partial charge in [-0.05, 0) is 33.1 Å². The highest BCUT2D eigenvalue weighted by Gasteiger charge is 1.88. The minimum absolute atomic E-state index is 1.14. The normalized spacial score (nSPS) is 11.7. The highest BCUT2D eigenvalue weighted by atomic mass is 13.9. The van der Waals surface area contributed by atoms with Crippen LogP contribution in [-0.4, -0.2) is 0 Å². The van der Waals surface area contributed by atoms with Crippen molar-refractivity contribution in [1.82, 2.24) is 0 Å². The summed E-state index contributed by atoms with van der Waals surface area (Å²) in [5, 5.41) is 0. The summed E-state index contributed by atoms with van der Waals surface area (Å²) in [4.78, 5) is 0. The van der Waals surface area contributed by atoms with E-state index >= 15 is 0 Å². The number of hydrogen-bond acceptors (Lipinski definition) is 0. The Balaban J connectivity index is 3.48. The van der Waals surface area contributed by atoms with Crippen LogP contribution in [0.4, 0.5) is 0 Å². The Labute approximate surface area is 64.6 Å². The first-order chi connectivity index (χ1) is 4.66. The van der Waals surface area contributed by atoms with Gasteiger partial charge in [-0.25, -0.2) is 0 Å². The summed E-state index contributed by atoms with van der Waals surface area (Å²) in [6, 6.07) is 0. The smallest absolute Gasteiger partial charge is 0.0286 e. The molecule has 0 bridgehead atoms. The van der Waals surface area contributed by atoms with Gasteiger partial charge in [0.25, 0.3) is 0 Å². The predicted molar refractivity (Wildman–Crippen MR) is 48.1 cm³/mol. The topological polar surface area (TPSA) is 0 Å². The summed E-state index contributed by atoms with van der Waals surface area (Å²) in [5.74, 6) is 0.